The van der Waals surface area contributed by atoms with Crippen LogP contribution in [0.4, 0.5) is 15.8 Å². The van der Waals surface area contributed by atoms with Crippen molar-refractivity contribution < 1.29 is 17.7 Å². The van der Waals surface area contributed by atoms with E-state index in [2.05, 4.69) is 5.32 Å². The lowest BCUT2D eigenvalue weighted by molar-refractivity contribution is -0.385. The van der Waals surface area contributed by atoms with Crippen molar-refractivity contribution in [3.05, 3.63) is 28.1 Å². The van der Waals surface area contributed by atoms with Crippen LogP contribution in [0.1, 0.15) is 13.8 Å². The Kier molecular flexibility index (Phi) is 5.01. The first-order valence-electron chi connectivity index (χ1n) is 5.93. The normalized spacial score (nSPS) is 11.7. The summed E-state index contributed by atoms with van der Waals surface area (Å²) in [7, 11) is -2.73. The van der Waals surface area contributed by atoms with E-state index in [4.69, 9.17) is 0 Å². The summed E-state index contributed by atoms with van der Waals surface area (Å²) in [5.74, 6) is -1.14. The summed E-state index contributed by atoms with van der Waals surface area (Å²) in [4.78, 5) is 9.36. The lowest BCUT2D eigenvalue weighted by Crippen LogP contribution is -2.28. The predicted molar refractivity (Wildman–Crippen MR) is 72.7 cm³/mol. The predicted octanol–water partition coefficient (Wildman–Crippen LogP) is 1.81. The lowest BCUT2D eigenvalue weighted by Gasteiger charge is -2.18. The Balaban J connectivity index is 3.57. The third-order valence-electron chi connectivity index (χ3n) is 2.72. The summed E-state index contributed by atoms with van der Waals surface area (Å²) in [6.45, 7) is 3.74. The van der Waals surface area contributed by atoms with Gasteiger partial charge in [0.2, 0.25) is 10.0 Å². The standard InChI is InChI=1S/C11H16FN3O4S/c1-4-13-10-7-8(15(16)17)6-9(12)11(10)20(18,19)14(3)5-2/h6-7,13H,4-5H2,1-3H3. The van der Waals surface area contributed by atoms with Gasteiger partial charge >= 0.3 is 0 Å². The molecule has 1 N–H and O–H groups in total. The van der Waals surface area contributed by atoms with Crippen molar-refractivity contribution in [1.29, 1.82) is 0 Å². The van der Waals surface area contributed by atoms with E-state index >= 15 is 0 Å². The first-order valence-corrected chi connectivity index (χ1v) is 7.37. The van der Waals surface area contributed by atoms with Gasteiger partial charge in [0, 0.05) is 26.2 Å². The van der Waals surface area contributed by atoms with Gasteiger partial charge in [0.1, 0.15) is 4.90 Å². The van der Waals surface area contributed by atoms with Gasteiger partial charge in [-0.05, 0) is 6.92 Å². The zero-order chi connectivity index (χ0) is 15.5. The average Bonchev–Trinajstić information content (AvgIpc) is 2.36. The minimum Gasteiger partial charge on any atom is -0.384 e. The van der Waals surface area contributed by atoms with E-state index in [1.807, 2.05) is 0 Å². The monoisotopic (exact) mass is 305 g/mol. The van der Waals surface area contributed by atoms with Crippen molar-refractivity contribution in [2.75, 3.05) is 25.5 Å². The van der Waals surface area contributed by atoms with Crippen LogP contribution < -0.4 is 5.32 Å². The maximum Gasteiger partial charge on any atom is 0.274 e. The molecule has 9 heteroatoms. The topological polar surface area (TPSA) is 92.5 Å². The Morgan fingerprint density at radius 3 is 2.45 bits per heavy atom. The van der Waals surface area contributed by atoms with Crippen LogP contribution in [0.5, 0.6) is 0 Å². The average molecular weight is 305 g/mol. The lowest BCUT2D eigenvalue weighted by atomic mass is 10.2. The number of hydrogen-bond acceptors (Lipinski definition) is 5. The molecule has 0 saturated heterocycles. The van der Waals surface area contributed by atoms with Crippen LogP contribution in [0.25, 0.3) is 0 Å². The molecular weight excluding hydrogens is 289 g/mol. The van der Waals surface area contributed by atoms with Gasteiger partial charge in [0.15, 0.2) is 5.82 Å². The van der Waals surface area contributed by atoms with E-state index < -0.39 is 31.3 Å². The van der Waals surface area contributed by atoms with Crippen LogP contribution in [0.2, 0.25) is 0 Å². The highest BCUT2D eigenvalue weighted by Crippen LogP contribution is 2.31. The van der Waals surface area contributed by atoms with Crippen LogP contribution in [-0.2, 0) is 10.0 Å². The SMILES string of the molecule is CCNc1cc([N+](=O)[O-])cc(F)c1S(=O)(=O)N(C)CC. The smallest absolute Gasteiger partial charge is 0.274 e. The highest BCUT2D eigenvalue weighted by Gasteiger charge is 2.29. The van der Waals surface area contributed by atoms with Crippen molar-refractivity contribution in [2.24, 2.45) is 0 Å². The number of anilines is 1. The summed E-state index contributed by atoms with van der Waals surface area (Å²) in [5.41, 5.74) is -0.615. The molecule has 0 radical (unpaired) electrons. The quantitative estimate of drug-likeness (QED) is 0.639. The first kappa shape index (κ1) is 16.3. The molecule has 0 spiro atoms. The van der Waals surface area contributed by atoms with Gasteiger partial charge in [-0.15, -0.1) is 0 Å². The largest absolute Gasteiger partial charge is 0.384 e. The van der Waals surface area contributed by atoms with Crippen LogP contribution in [0, 0.1) is 15.9 Å². The van der Waals surface area contributed by atoms with Gasteiger partial charge in [-0.1, -0.05) is 6.92 Å². The molecule has 0 aliphatic carbocycles. The maximum absolute atomic E-state index is 14.0. The van der Waals surface area contributed by atoms with Crippen molar-refractivity contribution >= 4 is 21.4 Å². The first-order chi connectivity index (χ1) is 9.25. The van der Waals surface area contributed by atoms with Crippen molar-refractivity contribution in [3.63, 3.8) is 0 Å². The van der Waals surface area contributed by atoms with Crippen molar-refractivity contribution in [3.8, 4) is 0 Å². The third kappa shape index (κ3) is 3.05. The minimum absolute atomic E-state index is 0.112. The van der Waals surface area contributed by atoms with Gasteiger partial charge in [-0.2, -0.15) is 0 Å². The Hall–Kier alpha value is -1.74. The van der Waals surface area contributed by atoms with Crippen LogP contribution >= 0.6 is 0 Å². The Bertz CT molecular complexity index is 618. The molecule has 1 rings (SSSR count). The Labute approximate surface area is 116 Å². The number of nitro groups is 1. The molecule has 0 aliphatic heterocycles. The molecular formula is C11H16FN3O4S. The molecule has 0 unspecified atom stereocenters. The molecule has 7 nitrogen and oxygen atoms in total. The zero-order valence-electron chi connectivity index (χ0n) is 11.4. The number of non-ortho nitro benzene ring substituents is 1. The molecule has 0 bridgehead atoms. The molecule has 0 aliphatic rings. The molecule has 0 aromatic heterocycles. The maximum atomic E-state index is 14.0. The van der Waals surface area contributed by atoms with E-state index in [1.54, 1.807) is 13.8 Å². The number of nitrogens with zero attached hydrogens (tertiary/aromatic N) is 2. The molecule has 0 saturated carbocycles. The minimum atomic E-state index is -4.04. The summed E-state index contributed by atoms with van der Waals surface area (Å²) in [5, 5.41) is 13.4. The second-order valence-electron chi connectivity index (χ2n) is 4.01. The number of sulfonamides is 1. The third-order valence-corrected chi connectivity index (χ3v) is 4.73. The molecule has 0 fully saturated rings. The van der Waals surface area contributed by atoms with Crippen LogP contribution in [0.3, 0.4) is 0 Å². The number of benzene rings is 1. The number of rotatable bonds is 6. The van der Waals surface area contributed by atoms with E-state index in [0.29, 0.717) is 12.6 Å². The summed E-state index contributed by atoms with van der Waals surface area (Å²) < 4.78 is 39.5. The van der Waals surface area contributed by atoms with Crippen molar-refractivity contribution in [1.82, 2.24) is 4.31 Å². The summed E-state index contributed by atoms with van der Waals surface area (Å²) >= 11 is 0. The number of nitrogens with one attached hydrogen (secondary N) is 1. The van der Waals surface area contributed by atoms with E-state index in [0.717, 1.165) is 10.4 Å². The fraction of sp³-hybridized carbons (Fsp3) is 0.455. The van der Waals surface area contributed by atoms with E-state index in [9.17, 15) is 22.9 Å². The Morgan fingerprint density at radius 2 is 2.00 bits per heavy atom. The van der Waals surface area contributed by atoms with Gasteiger partial charge in [-0.3, -0.25) is 10.1 Å². The fourth-order valence-electron chi connectivity index (χ4n) is 1.59. The molecule has 20 heavy (non-hydrogen) atoms. The molecule has 0 amide bonds. The fourth-order valence-corrected chi connectivity index (χ4v) is 2.96. The molecule has 0 heterocycles. The van der Waals surface area contributed by atoms with Crippen LogP contribution in [-0.4, -0.2) is 37.8 Å². The highest BCUT2D eigenvalue weighted by atomic mass is 32.2. The summed E-state index contributed by atoms with van der Waals surface area (Å²) in [6.07, 6.45) is 0. The number of nitro benzene ring substituents is 1. The van der Waals surface area contributed by atoms with Gasteiger partial charge in [-0.25, -0.2) is 17.1 Å². The molecule has 0 atom stereocenters. The highest BCUT2D eigenvalue weighted by molar-refractivity contribution is 7.89. The Morgan fingerprint density at radius 1 is 1.40 bits per heavy atom. The zero-order valence-corrected chi connectivity index (χ0v) is 12.2. The van der Waals surface area contributed by atoms with E-state index in [1.165, 1.54) is 7.05 Å². The molecule has 1 aromatic rings. The second kappa shape index (κ2) is 6.14. The molecule has 1 aromatic carbocycles. The van der Waals surface area contributed by atoms with Gasteiger partial charge in [0.25, 0.3) is 5.69 Å². The van der Waals surface area contributed by atoms with Crippen LogP contribution in [0.15, 0.2) is 17.0 Å². The summed E-state index contributed by atoms with van der Waals surface area (Å²) in [6, 6.07) is 1.63. The van der Waals surface area contributed by atoms with E-state index in [-0.39, 0.29) is 12.2 Å². The number of halogens is 1. The van der Waals surface area contributed by atoms with Gasteiger partial charge in [0.05, 0.1) is 16.7 Å². The van der Waals surface area contributed by atoms with Gasteiger partial charge < -0.3 is 5.32 Å². The van der Waals surface area contributed by atoms with Crippen molar-refractivity contribution in [2.45, 2.75) is 18.7 Å². The molecule has 112 valence electrons. The number of hydrogen-bond donors (Lipinski definition) is 1. The second-order valence-corrected chi connectivity index (χ2v) is 5.99.